The van der Waals surface area contributed by atoms with Crippen molar-refractivity contribution in [3.63, 3.8) is 0 Å². The molecule has 0 unspecified atom stereocenters. The minimum atomic E-state index is -0.666. The van der Waals surface area contributed by atoms with Gasteiger partial charge in [0.15, 0.2) is 11.5 Å². The molecule has 1 aromatic carbocycles. The lowest BCUT2D eigenvalue weighted by atomic mass is 9.95. The Hall–Kier alpha value is -1.42. The van der Waals surface area contributed by atoms with Crippen LogP contribution in [0, 0.1) is 5.41 Å². The van der Waals surface area contributed by atoms with E-state index in [4.69, 9.17) is 21.1 Å². The number of ether oxygens (including phenoxy) is 2. The van der Waals surface area contributed by atoms with E-state index < -0.39 is 11.2 Å². The van der Waals surface area contributed by atoms with Gasteiger partial charge in [-0.25, -0.2) is 0 Å². The summed E-state index contributed by atoms with van der Waals surface area (Å²) in [5.41, 5.74) is 0.0558. The summed E-state index contributed by atoms with van der Waals surface area (Å²) in [5, 5.41) is 2.83. The van der Waals surface area contributed by atoms with Crippen molar-refractivity contribution >= 4 is 23.2 Å². The fraction of sp³-hybridized carbons (Fsp3) is 0.500. The minimum Gasteiger partial charge on any atom is -0.449 e. The van der Waals surface area contributed by atoms with Gasteiger partial charge in [0.05, 0.1) is 5.41 Å². The maximum Gasteiger partial charge on any atom is 0.246 e. The lowest BCUT2D eigenvalue weighted by Gasteiger charge is -2.20. The van der Waals surface area contributed by atoms with Crippen LogP contribution in [-0.4, -0.2) is 17.6 Å². The van der Waals surface area contributed by atoms with Gasteiger partial charge in [0.25, 0.3) is 0 Å². The van der Waals surface area contributed by atoms with Gasteiger partial charge in [-0.2, -0.15) is 0 Å². The molecule has 19 heavy (non-hydrogen) atoms. The highest BCUT2D eigenvalue weighted by molar-refractivity contribution is 6.20. The van der Waals surface area contributed by atoms with E-state index in [1.165, 1.54) is 0 Å². The molecule has 5 heteroatoms. The molecule has 0 saturated carbocycles. The van der Waals surface area contributed by atoms with Crippen molar-refractivity contribution in [3.05, 3.63) is 18.2 Å². The third-order valence-electron chi connectivity index (χ3n) is 2.86. The Morgan fingerprint density at radius 2 is 1.95 bits per heavy atom. The largest absolute Gasteiger partial charge is 0.449 e. The van der Waals surface area contributed by atoms with Crippen molar-refractivity contribution in [2.24, 2.45) is 5.41 Å². The number of fused-ring (bicyclic) bond motifs is 1. The second-order valence-electron chi connectivity index (χ2n) is 5.74. The molecule has 1 heterocycles. The van der Waals surface area contributed by atoms with Crippen LogP contribution in [0.5, 0.6) is 11.5 Å². The van der Waals surface area contributed by atoms with Gasteiger partial charge in [0.1, 0.15) is 0 Å². The third kappa shape index (κ3) is 2.95. The fourth-order valence-electron chi connectivity index (χ4n) is 1.66. The summed E-state index contributed by atoms with van der Waals surface area (Å²) in [6.07, 6.45) is 0. The molecule has 1 aliphatic rings. The number of benzene rings is 1. The van der Waals surface area contributed by atoms with E-state index >= 15 is 0 Å². The molecule has 0 radical (unpaired) electrons. The van der Waals surface area contributed by atoms with Gasteiger partial charge >= 0.3 is 0 Å². The number of amides is 1. The maximum atomic E-state index is 12.0. The van der Waals surface area contributed by atoms with Gasteiger partial charge in [-0.1, -0.05) is 0 Å². The zero-order valence-electron chi connectivity index (χ0n) is 11.5. The molecule has 1 amide bonds. The van der Waals surface area contributed by atoms with E-state index in [1.54, 1.807) is 32.0 Å². The Balaban J connectivity index is 2.15. The van der Waals surface area contributed by atoms with Crippen LogP contribution in [-0.2, 0) is 4.79 Å². The number of carbonyl (C=O) groups is 1. The molecular formula is C14H18ClNO3. The third-order valence-corrected chi connectivity index (χ3v) is 3.53. The number of halogens is 1. The number of anilines is 1. The Kier molecular flexibility index (Phi) is 3.39. The molecule has 0 saturated heterocycles. The van der Waals surface area contributed by atoms with Crippen LogP contribution < -0.4 is 14.8 Å². The summed E-state index contributed by atoms with van der Waals surface area (Å²) in [7, 11) is 0. The van der Waals surface area contributed by atoms with Crippen LogP contribution >= 0.6 is 11.6 Å². The first kappa shape index (κ1) is 14.0. The average Bonchev–Trinajstić information content (AvgIpc) is 2.62. The number of rotatable bonds is 3. The van der Waals surface area contributed by atoms with Gasteiger partial charge in [0, 0.05) is 31.5 Å². The van der Waals surface area contributed by atoms with Crippen LogP contribution in [0.25, 0.3) is 0 Å². The summed E-state index contributed by atoms with van der Waals surface area (Å²) < 4.78 is 11.2. The zero-order chi connectivity index (χ0) is 14.3. The predicted molar refractivity (Wildman–Crippen MR) is 74.9 cm³/mol. The lowest BCUT2D eigenvalue weighted by molar-refractivity contribution is -0.122. The lowest BCUT2D eigenvalue weighted by Crippen LogP contribution is -2.32. The quantitative estimate of drug-likeness (QED) is 0.865. The molecule has 0 spiro atoms. The minimum absolute atomic E-state index is 0.124. The molecule has 1 aromatic rings. The molecule has 0 atom stereocenters. The zero-order valence-corrected chi connectivity index (χ0v) is 12.3. The predicted octanol–water partition coefficient (Wildman–Crippen LogP) is 3.40. The van der Waals surface area contributed by atoms with Gasteiger partial charge in [-0.3, -0.25) is 4.79 Å². The van der Waals surface area contributed by atoms with Crippen LogP contribution in [0.2, 0.25) is 0 Å². The Labute approximate surface area is 118 Å². The number of carbonyl (C=O) groups excluding carboxylic acids is 1. The van der Waals surface area contributed by atoms with E-state index in [9.17, 15) is 4.79 Å². The Morgan fingerprint density at radius 1 is 1.32 bits per heavy atom. The average molecular weight is 284 g/mol. The van der Waals surface area contributed by atoms with Gasteiger partial charge in [-0.05, 0) is 26.0 Å². The summed E-state index contributed by atoms with van der Waals surface area (Å²) >= 11 is 5.78. The van der Waals surface area contributed by atoms with Crippen LogP contribution in [0.4, 0.5) is 5.69 Å². The summed E-state index contributed by atoms with van der Waals surface area (Å²) in [4.78, 5) is 12.0. The highest BCUT2D eigenvalue weighted by Crippen LogP contribution is 2.40. The van der Waals surface area contributed by atoms with E-state index in [-0.39, 0.29) is 11.8 Å². The van der Waals surface area contributed by atoms with Crippen molar-refractivity contribution in [3.8, 4) is 11.5 Å². The number of hydrogen-bond donors (Lipinski definition) is 1. The van der Waals surface area contributed by atoms with Gasteiger partial charge in [0.2, 0.25) is 11.7 Å². The molecule has 0 fully saturated rings. The number of alkyl halides is 1. The fourth-order valence-corrected chi connectivity index (χ4v) is 1.78. The van der Waals surface area contributed by atoms with Crippen molar-refractivity contribution in [1.82, 2.24) is 0 Å². The monoisotopic (exact) mass is 283 g/mol. The van der Waals surface area contributed by atoms with Crippen molar-refractivity contribution in [2.75, 3.05) is 11.2 Å². The Morgan fingerprint density at radius 3 is 2.58 bits per heavy atom. The highest BCUT2D eigenvalue weighted by Gasteiger charge is 2.32. The smallest absolute Gasteiger partial charge is 0.246 e. The van der Waals surface area contributed by atoms with Gasteiger partial charge in [-0.15, -0.1) is 11.6 Å². The highest BCUT2D eigenvalue weighted by atomic mass is 35.5. The molecule has 0 bridgehead atoms. The van der Waals surface area contributed by atoms with Crippen molar-refractivity contribution in [2.45, 2.75) is 33.5 Å². The standard InChI is InChI=1S/C14H18ClNO3/c1-13(2,8-15)12(17)16-9-5-6-10-11(7-9)19-14(3,4)18-10/h5-7H,8H2,1-4H3,(H,16,17). The Bertz CT molecular complexity index is 511. The molecule has 2 rings (SSSR count). The first-order valence-electron chi connectivity index (χ1n) is 6.13. The summed E-state index contributed by atoms with van der Waals surface area (Å²) in [6.45, 7) is 7.26. The van der Waals surface area contributed by atoms with E-state index in [0.717, 1.165) is 0 Å². The van der Waals surface area contributed by atoms with Gasteiger partial charge < -0.3 is 14.8 Å². The number of nitrogens with one attached hydrogen (secondary N) is 1. The summed E-state index contributed by atoms with van der Waals surface area (Å²) in [6, 6.07) is 5.32. The molecule has 1 N–H and O–H groups in total. The van der Waals surface area contributed by atoms with Crippen LogP contribution in [0.15, 0.2) is 18.2 Å². The summed E-state index contributed by atoms with van der Waals surface area (Å²) in [5.74, 6) is 0.781. The molecule has 4 nitrogen and oxygen atoms in total. The first-order chi connectivity index (χ1) is 8.73. The maximum absolute atomic E-state index is 12.0. The topological polar surface area (TPSA) is 47.6 Å². The van der Waals surface area contributed by atoms with Crippen molar-refractivity contribution in [1.29, 1.82) is 0 Å². The molecule has 104 valence electrons. The molecule has 0 aromatic heterocycles. The van der Waals surface area contributed by atoms with E-state index in [2.05, 4.69) is 5.32 Å². The number of hydrogen-bond acceptors (Lipinski definition) is 3. The molecule has 1 aliphatic heterocycles. The molecular weight excluding hydrogens is 266 g/mol. The first-order valence-corrected chi connectivity index (χ1v) is 6.66. The second kappa shape index (κ2) is 4.60. The van der Waals surface area contributed by atoms with Crippen LogP contribution in [0.1, 0.15) is 27.7 Å². The second-order valence-corrected chi connectivity index (χ2v) is 6.00. The molecule has 0 aliphatic carbocycles. The van der Waals surface area contributed by atoms with Crippen molar-refractivity contribution < 1.29 is 14.3 Å². The van der Waals surface area contributed by atoms with E-state index in [1.807, 2.05) is 13.8 Å². The van der Waals surface area contributed by atoms with Crippen LogP contribution in [0.3, 0.4) is 0 Å². The van der Waals surface area contributed by atoms with E-state index in [0.29, 0.717) is 17.2 Å². The normalized spacial score (nSPS) is 16.3. The SMILES string of the molecule is CC1(C)Oc2ccc(NC(=O)C(C)(C)CCl)cc2O1.